The molecule has 1 heterocycles. The van der Waals surface area contributed by atoms with E-state index in [0.29, 0.717) is 0 Å². The van der Waals surface area contributed by atoms with Gasteiger partial charge in [0.1, 0.15) is 6.04 Å². The van der Waals surface area contributed by atoms with Crippen LogP contribution in [0.5, 0.6) is 0 Å². The lowest BCUT2D eigenvalue weighted by molar-refractivity contribution is -0.143. The molecule has 1 aliphatic carbocycles. The zero-order valence-electron chi connectivity index (χ0n) is 8.61. The number of hydrogen-bond acceptors (Lipinski definition) is 2. The van der Waals surface area contributed by atoms with Gasteiger partial charge in [-0.25, -0.2) is 0 Å². The fourth-order valence-corrected chi connectivity index (χ4v) is 2.30. The van der Waals surface area contributed by atoms with Gasteiger partial charge in [-0.15, -0.1) is 0 Å². The predicted molar refractivity (Wildman–Crippen MR) is 54.2 cm³/mol. The van der Waals surface area contributed by atoms with Crippen molar-refractivity contribution >= 4 is 5.97 Å². The molecule has 80 valence electrons. The Hall–Kier alpha value is -0.570. The van der Waals surface area contributed by atoms with Gasteiger partial charge in [0.2, 0.25) is 0 Å². The summed E-state index contributed by atoms with van der Waals surface area (Å²) in [7, 11) is 0. The van der Waals surface area contributed by atoms with Gasteiger partial charge in [0.05, 0.1) is 0 Å². The summed E-state index contributed by atoms with van der Waals surface area (Å²) < 4.78 is 0. The minimum atomic E-state index is -0.618. The first kappa shape index (κ1) is 9.97. The topological polar surface area (TPSA) is 40.5 Å². The monoisotopic (exact) mass is 197 g/mol. The first-order chi connectivity index (χ1) is 6.77. The molecule has 2 fully saturated rings. The summed E-state index contributed by atoms with van der Waals surface area (Å²) >= 11 is 0. The Morgan fingerprint density at radius 3 is 2.64 bits per heavy atom. The minimum absolute atomic E-state index is 0.196. The molecule has 1 atom stereocenters. The van der Waals surface area contributed by atoms with Crippen LogP contribution < -0.4 is 0 Å². The third kappa shape index (κ3) is 2.47. The van der Waals surface area contributed by atoms with Gasteiger partial charge in [-0.2, -0.15) is 0 Å². The quantitative estimate of drug-likeness (QED) is 0.749. The summed E-state index contributed by atoms with van der Waals surface area (Å²) in [5.74, 6) is 0.183. The van der Waals surface area contributed by atoms with Crippen LogP contribution in [0.15, 0.2) is 0 Å². The van der Waals surface area contributed by atoms with E-state index in [1.165, 1.54) is 25.7 Å². The van der Waals surface area contributed by atoms with E-state index in [2.05, 4.69) is 4.90 Å². The molecule has 2 rings (SSSR count). The highest BCUT2D eigenvalue weighted by Crippen LogP contribution is 2.31. The third-order valence-electron chi connectivity index (χ3n) is 3.34. The van der Waals surface area contributed by atoms with Crippen LogP contribution in [-0.2, 0) is 4.79 Å². The Kier molecular flexibility index (Phi) is 3.06. The van der Waals surface area contributed by atoms with Gasteiger partial charge >= 0.3 is 5.97 Å². The van der Waals surface area contributed by atoms with Crippen LogP contribution in [0.3, 0.4) is 0 Å². The van der Waals surface area contributed by atoms with Crippen molar-refractivity contribution in [2.45, 2.75) is 44.6 Å². The van der Waals surface area contributed by atoms with E-state index in [-0.39, 0.29) is 6.04 Å². The summed E-state index contributed by atoms with van der Waals surface area (Å²) in [5, 5.41) is 9.13. The molecule has 1 unspecified atom stereocenters. The Morgan fingerprint density at radius 2 is 2.00 bits per heavy atom. The van der Waals surface area contributed by atoms with E-state index in [1.54, 1.807) is 0 Å². The molecule has 2 aliphatic rings. The molecule has 0 radical (unpaired) electrons. The lowest BCUT2D eigenvalue weighted by Gasteiger charge is -2.26. The molecule has 3 nitrogen and oxygen atoms in total. The Labute approximate surface area is 85.1 Å². The van der Waals surface area contributed by atoms with Crippen molar-refractivity contribution < 1.29 is 9.90 Å². The Morgan fingerprint density at radius 1 is 1.21 bits per heavy atom. The molecule has 0 aromatic heterocycles. The van der Waals surface area contributed by atoms with Crippen molar-refractivity contribution in [2.24, 2.45) is 5.92 Å². The van der Waals surface area contributed by atoms with E-state index in [4.69, 9.17) is 5.11 Å². The summed E-state index contributed by atoms with van der Waals surface area (Å²) in [4.78, 5) is 13.3. The van der Waals surface area contributed by atoms with Gasteiger partial charge in [-0.3, -0.25) is 9.69 Å². The second-order valence-corrected chi connectivity index (χ2v) is 4.64. The first-order valence-electron chi connectivity index (χ1n) is 5.74. The number of hydrogen-bond donors (Lipinski definition) is 1. The van der Waals surface area contributed by atoms with Gasteiger partial charge in [0.15, 0.2) is 0 Å². The maximum atomic E-state index is 11.1. The molecule has 3 heteroatoms. The van der Waals surface area contributed by atoms with E-state index in [9.17, 15) is 4.79 Å². The highest BCUT2D eigenvalue weighted by Gasteiger charge is 2.31. The predicted octanol–water partition coefficient (Wildman–Crippen LogP) is 1.73. The molecular weight excluding hydrogens is 178 g/mol. The fourth-order valence-electron chi connectivity index (χ4n) is 2.30. The number of likely N-dealkylation sites (tertiary alicyclic amines) is 1. The smallest absolute Gasteiger partial charge is 0.320 e. The number of nitrogens with zero attached hydrogens (tertiary/aromatic N) is 1. The van der Waals surface area contributed by atoms with Gasteiger partial charge in [-0.05, 0) is 38.1 Å². The summed E-state index contributed by atoms with van der Waals surface area (Å²) in [6, 6.07) is -0.196. The third-order valence-corrected chi connectivity index (χ3v) is 3.34. The van der Waals surface area contributed by atoms with Crippen LogP contribution in [-0.4, -0.2) is 35.1 Å². The molecule has 1 saturated carbocycles. The second kappa shape index (κ2) is 4.30. The molecule has 1 N–H and O–H groups in total. The average Bonchev–Trinajstić information content (AvgIpc) is 2.92. The molecule has 0 bridgehead atoms. The van der Waals surface area contributed by atoms with Crippen molar-refractivity contribution in [1.29, 1.82) is 0 Å². The zero-order valence-corrected chi connectivity index (χ0v) is 8.61. The molecule has 14 heavy (non-hydrogen) atoms. The number of rotatable bonds is 3. The molecule has 0 spiro atoms. The Balaban J connectivity index is 1.94. The fraction of sp³-hybridized carbons (Fsp3) is 0.909. The van der Waals surface area contributed by atoms with Crippen LogP contribution in [0, 0.1) is 5.92 Å². The maximum Gasteiger partial charge on any atom is 0.320 e. The summed E-state index contributed by atoms with van der Waals surface area (Å²) in [5.41, 5.74) is 0. The normalized spacial score (nSPS) is 29.9. The van der Waals surface area contributed by atoms with Crippen molar-refractivity contribution in [2.75, 3.05) is 13.1 Å². The maximum absolute atomic E-state index is 11.1. The summed E-state index contributed by atoms with van der Waals surface area (Å²) in [6.45, 7) is 2.02. The summed E-state index contributed by atoms with van der Waals surface area (Å²) in [6.07, 6.45) is 6.92. The van der Waals surface area contributed by atoms with E-state index >= 15 is 0 Å². The zero-order chi connectivity index (χ0) is 9.97. The Bertz CT molecular complexity index is 213. The van der Waals surface area contributed by atoms with Gasteiger partial charge in [0.25, 0.3) is 0 Å². The molecule has 0 amide bonds. The van der Waals surface area contributed by atoms with E-state index in [1.807, 2.05) is 0 Å². The van der Waals surface area contributed by atoms with Gasteiger partial charge in [-0.1, -0.05) is 12.8 Å². The van der Waals surface area contributed by atoms with E-state index in [0.717, 1.165) is 31.8 Å². The van der Waals surface area contributed by atoms with Gasteiger partial charge in [0, 0.05) is 6.54 Å². The largest absolute Gasteiger partial charge is 0.480 e. The van der Waals surface area contributed by atoms with Crippen molar-refractivity contribution in [3.05, 3.63) is 0 Å². The lowest BCUT2D eigenvalue weighted by Crippen LogP contribution is -2.41. The molecule has 0 aromatic rings. The molecule has 0 aromatic carbocycles. The van der Waals surface area contributed by atoms with Crippen LogP contribution >= 0.6 is 0 Å². The van der Waals surface area contributed by atoms with Crippen LogP contribution in [0.25, 0.3) is 0 Å². The molecule has 1 saturated heterocycles. The van der Waals surface area contributed by atoms with E-state index < -0.39 is 5.97 Å². The molecular formula is C11H19NO2. The van der Waals surface area contributed by atoms with Crippen molar-refractivity contribution in [1.82, 2.24) is 4.90 Å². The van der Waals surface area contributed by atoms with Crippen molar-refractivity contribution in [3.8, 4) is 0 Å². The van der Waals surface area contributed by atoms with Crippen LogP contribution in [0.4, 0.5) is 0 Å². The molecule has 1 aliphatic heterocycles. The number of carboxylic acid groups (broad SMARTS) is 1. The number of carbonyl (C=O) groups is 1. The number of carboxylic acids is 1. The standard InChI is InChI=1S/C11H19NO2/c13-11(14)10-4-2-1-3-7-12(10)8-9-5-6-9/h9-10H,1-8H2,(H,13,14). The van der Waals surface area contributed by atoms with Crippen LogP contribution in [0.2, 0.25) is 0 Å². The SMILES string of the molecule is O=C(O)C1CCCCCN1CC1CC1. The van der Waals surface area contributed by atoms with Crippen molar-refractivity contribution in [3.63, 3.8) is 0 Å². The number of aliphatic carboxylic acids is 1. The highest BCUT2D eigenvalue weighted by molar-refractivity contribution is 5.73. The lowest BCUT2D eigenvalue weighted by atomic mass is 10.1. The van der Waals surface area contributed by atoms with Gasteiger partial charge < -0.3 is 5.11 Å². The average molecular weight is 197 g/mol. The van der Waals surface area contributed by atoms with Crippen LogP contribution in [0.1, 0.15) is 38.5 Å². The first-order valence-corrected chi connectivity index (χ1v) is 5.74. The highest BCUT2D eigenvalue weighted by atomic mass is 16.4. The second-order valence-electron chi connectivity index (χ2n) is 4.64. The minimum Gasteiger partial charge on any atom is -0.480 e.